The SMILES string of the molecule is CN1CCc2[nH]c3ccc(C(=O)NC4CCNCC4)cc3c2C1. The minimum absolute atomic E-state index is 0.0536. The van der Waals surface area contributed by atoms with Crippen molar-refractivity contribution in [1.82, 2.24) is 20.5 Å². The number of amides is 1. The van der Waals surface area contributed by atoms with E-state index < -0.39 is 0 Å². The van der Waals surface area contributed by atoms with Crippen LogP contribution < -0.4 is 10.6 Å². The summed E-state index contributed by atoms with van der Waals surface area (Å²) in [5.41, 5.74) is 4.59. The van der Waals surface area contributed by atoms with Crippen molar-refractivity contribution in [3.8, 4) is 0 Å². The third-order valence-electron chi connectivity index (χ3n) is 5.10. The first-order valence-electron chi connectivity index (χ1n) is 8.54. The van der Waals surface area contributed by atoms with E-state index in [2.05, 4.69) is 33.6 Å². The summed E-state index contributed by atoms with van der Waals surface area (Å²) in [5, 5.41) is 7.71. The minimum atomic E-state index is 0.0536. The van der Waals surface area contributed by atoms with E-state index in [4.69, 9.17) is 0 Å². The zero-order valence-electron chi connectivity index (χ0n) is 13.6. The smallest absolute Gasteiger partial charge is 0.251 e. The summed E-state index contributed by atoms with van der Waals surface area (Å²) in [6.07, 6.45) is 3.08. The van der Waals surface area contributed by atoms with Crippen LogP contribution in [0, 0.1) is 0 Å². The van der Waals surface area contributed by atoms with Crippen molar-refractivity contribution < 1.29 is 4.79 Å². The highest BCUT2D eigenvalue weighted by Crippen LogP contribution is 2.28. The maximum Gasteiger partial charge on any atom is 0.251 e. The number of piperidine rings is 1. The van der Waals surface area contributed by atoms with Gasteiger partial charge in [0.1, 0.15) is 0 Å². The van der Waals surface area contributed by atoms with Gasteiger partial charge < -0.3 is 20.5 Å². The molecule has 2 aliphatic heterocycles. The van der Waals surface area contributed by atoms with Gasteiger partial charge in [-0.1, -0.05) is 0 Å². The standard InChI is InChI=1S/C18H24N4O/c1-22-9-6-17-15(11-22)14-10-12(2-3-16(14)21-17)18(23)20-13-4-7-19-8-5-13/h2-3,10,13,19,21H,4-9,11H2,1H3,(H,20,23). The van der Waals surface area contributed by atoms with E-state index in [1.807, 2.05) is 12.1 Å². The molecular formula is C18H24N4O. The number of fused-ring (bicyclic) bond motifs is 3. The third kappa shape index (κ3) is 2.86. The van der Waals surface area contributed by atoms with Crippen LogP contribution in [0.4, 0.5) is 0 Å². The number of nitrogens with one attached hydrogen (secondary N) is 3. The van der Waals surface area contributed by atoms with E-state index >= 15 is 0 Å². The fraction of sp³-hybridized carbons (Fsp3) is 0.500. The van der Waals surface area contributed by atoms with Crippen LogP contribution in [-0.2, 0) is 13.0 Å². The molecule has 1 aromatic carbocycles. The first-order chi connectivity index (χ1) is 11.2. The number of aromatic nitrogens is 1. The fourth-order valence-corrected chi connectivity index (χ4v) is 3.73. The molecule has 1 fully saturated rings. The molecule has 23 heavy (non-hydrogen) atoms. The van der Waals surface area contributed by atoms with Crippen LogP contribution in [0.25, 0.3) is 10.9 Å². The quantitative estimate of drug-likeness (QED) is 0.790. The molecule has 2 aromatic rings. The number of carbonyl (C=O) groups excluding carboxylic acids is 1. The zero-order chi connectivity index (χ0) is 15.8. The molecule has 5 heteroatoms. The molecule has 122 valence electrons. The lowest BCUT2D eigenvalue weighted by molar-refractivity contribution is 0.0929. The van der Waals surface area contributed by atoms with Crippen LogP contribution in [0.1, 0.15) is 34.5 Å². The Morgan fingerprint density at radius 1 is 1.30 bits per heavy atom. The molecule has 2 aliphatic rings. The van der Waals surface area contributed by atoms with Crippen LogP contribution in [0.3, 0.4) is 0 Å². The van der Waals surface area contributed by atoms with Gasteiger partial charge in [-0.3, -0.25) is 4.79 Å². The number of hydrogen-bond acceptors (Lipinski definition) is 3. The average molecular weight is 312 g/mol. The maximum atomic E-state index is 12.6. The van der Waals surface area contributed by atoms with Crippen LogP contribution in [0.5, 0.6) is 0 Å². The Morgan fingerprint density at radius 2 is 2.13 bits per heavy atom. The Balaban J connectivity index is 1.60. The topological polar surface area (TPSA) is 60.2 Å². The number of likely N-dealkylation sites (N-methyl/N-ethyl adjacent to an activating group) is 1. The Kier molecular flexibility index (Phi) is 3.83. The van der Waals surface area contributed by atoms with E-state index in [0.29, 0.717) is 6.04 Å². The Bertz CT molecular complexity index is 730. The number of benzene rings is 1. The van der Waals surface area contributed by atoms with Crippen molar-refractivity contribution >= 4 is 16.8 Å². The van der Waals surface area contributed by atoms with Crippen LogP contribution >= 0.6 is 0 Å². The Morgan fingerprint density at radius 3 is 2.96 bits per heavy atom. The van der Waals surface area contributed by atoms with Gasteiger partial charge in [-0.25, -0.2) is 0 Å². The van der Waals surface area contributed by atoms with Crippen molar-refractivity contribution in [2.24, 2.45) is 0 Å². The number of rotatable bonds is 2. The van der Waals surface area contributed by atoms with Crippen LogP contribution in [-0.4, -0.2) is 48.5 Å². The molecule has 0 aliphatic carbocycles. The molecular weight excluding hydrogens is 288 g/mol. The normalized spacial score (nSPS) is 19.7. The van der Waals surface area contributed by atoms with Gasteiger partial charge in [0.25, 0.3) is 5.91 Å². The van der Waals surface area contributed by atoms with E-state index in [-0.39, 0.29) is 5.91 Å². The highest BCUT2D eigenvalue weighted by atomic mass is 16.1. The van der Waals surface area contributed by atoms with Crippen LogP contribution in [0.15, 0.2) is 18.2 Å². The molecule has 0 atom stereocenters. The fourth-order valence-electron chi connectivity index (χ4n) is 3.73. The molecule has 1 saturated heterocycles. The van der Waals surface area contributed by atoms with Gasteiger partial charge in [0.15, 0.2) is 0 Å². The van der Waals surface area contributed by atoms with Crippen molar-refractivity contribution in [3.05, 3.63) is 35.0 Å². The molecule has 4 rings (SSSR count). The van der Waals surface area contributed by atoms with E-state index in [0.717, 1.165) is 56.5 Å². The molecule has 1 amide bonds. The monoisotopic (exact) mass is 312 g/mol. The maximum absolute atomic E-state index is 12.6. The molecule has 0 unspecified atom stereocenters. The van der Waals surface area contributed by atoms with E-state index in [1.165, 1.54) is 16.6 Å². The molecule has 0 spiro atoms. The zero-order valence-corrected chi connectivity index (χ0v) is 13.6. The summed E-state index contributed by atoms with van der Waals surface area (Å²) in [6, 6.07) is 6.33. The summed E-state index contributed by atoms with van der Waals surface area (Å²) in [6.45, 7) is 4.01. The lowest BCUT2D eigenvalue weighted by Gasteiger charge is -2.24. The summed E-state index contributed by atoms with van der Waals surface area (Å²) in [7, 11) is 2.15. The third-order valence-corrected chi connectivity index (χ3v) is 5.10. The van der Waals surface area contributed by atoms with E-state index in [9.17, 15) is 4.79 Å². The number of nitrogens with zero attached hydrogens (tertiary/aromatic N) is 1. The first-order valence-corrected chi connectivity index (χ1v) is 8.54. The number of carbonyl (C=O) groups is 1. The second-order valence-corrected chi connectivity index (χ2v) is 6.83. The summed E-state index contributed by atoms with van der Waals surface area (Å²) < 4.78 is 0. The van der Waals surface area contributed by atoms with Gasteiger partial charge in [-0.05, 0) is 56.7 Å². The first kappa shape index (κ1) is 14.7. The Labute approximate surface area is 136 Å². The predicted molar refractivity (Wildman–Crippen MR) is 91.7 cm³/mol. The lowest BCUT2D eigenvalue weighted by Crippen LogP contribution is -2.42. The highest BCUT2D eigenvalue weighted by molar-refractivity contribution is 5.99. The van der Waals surface area contributed by atoms with Gasteiger partial charge >= 0.3 is 0 Å². The second kappa shape index (κ2) is 5.98. The Hall–Kier alpha value is -1.85. The minimum Gasteiger partial charge on any atom is -0.358 e. The summed E-state index contributed by atoms with van der Waals surface area (Å²) in [4.78, 5) is 18.4. The molecule has 5 nitrogen and oxygen atoms in total. The van der Waals surface area contributed by atoms with Crippen molar-refractivity contribution in [2.45, 2.75) is 31.8 Å². The molecule has 1 aromatic heterocycles. The number of H-pyrrole nitrogens is 1. The van der Waals surface area contributed by atoms with Gasteiger partial charge in [0.2, 0.25) is 0 Å². The van der Waals surface area contributed by atoms with Crippen molar-refractivity contribution in [2.75, 3.05) is 26.7 Å². The van der Waals surface area contributed by atoms with Gasteiger partial charge in [0.05, 0.1) is 0 Å². The summed E-state index contributed by atoms with van der Waals surface area (Å²) >= 11 is 0. The van der Waals surface area contributed by atoms with Crippen LogP contribution in [0.2, 0.25) is 0 Å². The number of aromatic amines is 1. The van der Waals surface area contributed by atoms with Gasteiger partial charge in [-0.2, -0.15) is 0 Å². The van der Waals surface area contributed by atoms with Gasteiger partial charge in [0, 0.05) is 47.7 Å². The van der Waals surface area contributed by atoms with Gasteiger partial charge in [-0.15, -0.1) is 0 Å². The summed E-state index contributed by atoms with van der Waals surface area (Å²) in [5.74, 6) is 0.0536. The highest BCUT2D eigenvalue weighted by Gasteiger charge is 2.20. The second-order valence-electron chi connectivity index (χ2n) is 6.83. The molecule has 0 saturated carbocycles. The molecule has 3 N–H and O–H groups in total. The largest absolute Gasteiger partial charge is 0.358 e. The van der Waals surface area contributed by atoms with Crippen molar-refractivity contribution in [3.63, 3.8) is 0 Å². The van der Waals surface area contributed by atoms with E-state index in [1.54, 1.807) is 0 Å². The molecule has 3 heterocycles. The lowest BCUT2D eigenvalue weighted by atomic mass is 10.0. The molecule has 0 radical (unpaired) electrons. The van der Waals surface area contributed by atoms with Crippen molar-refractivity contribution in [1.29, 1.82) is 0 Å². The predicted octanol–water partition coefficient (Wildman–Crippen LogP) is 1.64. The average Bonchev–Trinajstić information content (AvgIpc) is 2.93. The molecule has 0 bridgehead atoms. The number of hydrogen-bond donors (Lipinski definition) is 3.